The van der Waals surface area contributed by atoms with Crippen LogP contribution in [0.2, 0.25) is 0 Å². The third-order valence-corrected chi connectivity index (χ3v) is 5.07. The highest BCUT2D eigenvalue weighted by molar-refractivity contribution is 9.09. The predicted octanol–water partition coefficient (Wildman–Crippen LogP) is 1.14. The zero-order valence-corrected chi connectivity index (χ0v) is 8.45. The van der Waals surface area contributed by atoms with Crippen LogP contribution < -0.4 is 5.32 Å². The van der Waals surface area contributed by atoms with Crippen LogP contribution in [0.1, 0.15) is 12.8 Å². The van der Waals surface area contributed by atoms with Crippen molar-refractivity contribution in [1.29, 1.82) is 0 Å². The summed E-state index contributed by atoms with van der Waals surface area (Å²) in [6.07, 6.45) is 1.77. The molecule has 1 N–H and O–H groups in total. The standard InChI is InChI=1S/C7H10BrNOS/c8-4-3-11-5-1-2-6(10)9-7(4)5/h4-5,7H,1-3H2,(H,9,10)/t4-,5+,7+/m1/s1. The Bertz CT molecular complexity index is 187. The average Bonchev–Trinajstić information content (AvgIpc) is 2.33. The molecule has 62 valence electrons. The molecule has 0 spiro atoms. The van der Waals surface area contributed by atoms with Crippen molar-refractivity contribution < 1.29 is 4.79 Å². The van der Waals surface area contributed by atoms with Gasteiger partial charge < -0.3 is 5.32 Å². The maximum Gasteiger partial charge on any atom is 0.220 e. The van der Waals surface area contributed by atoms with E-state index in [1.165, 1.54) is 0 Å². The monoisotopic (exact) mass is 235 g/mol. The molecule has 2 heterocycles. The number of fused-ring (bicyclic) bond motifs is 1. The number of rotatable bonds is 0. The minimum atomic E-state index is 0.221. The first-order valence-electron chi connectivity index (χ1n) is 3.82. The number of carbonyl (C=O) groups excluding carboxylic acids is 1. The van der Waals surface area contributed by atoms with Crippen LogP contribution in [0.5, 0.6) is 0 Å². The van der Waals surface area contributed by atoms with E-state index in [2.05, 4.69) is 21.2 Å². The minimum Gasteiger partial charge on any atom is -0.351 e. The van der Waals surface area contributed by atoms with E-state index in [0.29, 0.717) is 22.5 Å². The molecule has 2 saturated heterocycles. The Kier molecular flexibility index (Phi) is 2.14. The molecule has 0 radical (unpaired) electrons. The molecular formula is C7H10BrNOS. The molecule has 2 rings (SSSR count). The molecule has 2 aliphatic rings. The highest BCUT2D eigenvalue weighted by Crippen LogP contribution is 2.36. The van der Waals surface area contributed by atoms with Crippen molar-refractivity contribution in [1.82, 2.24) is 5.32 Å². The number of amides is 1. The predicted molar refractivity (Wildman–Crippen MR) is 50.1 cm³/mol. The van der Waals surface area contributed by atoms with Crippen molar-refractivity contribution >= 4 is 33.6 Å². The number of piperidine rings is 1. The Balaban J connectivity index is 2.07. The molecule has 3 atom stereocenters. The van der Waals surface area contributed by atoms with Gasteiger partial charge in [-0.25, -0.2) is 0 Å². The minimum absolute atomic E-state index is 0.221. The lowest BCUT2D eigenvalue weighted by atomic mass is 10.0. The van der Waals surface area contributed by atoms with Crippen LogP contribution in [0.25, 0.3) is 0 Å². The lowest BCUT2D eigenvalue weighted by Crippen LogP contribution is -2.48. The molecule has 0 unspecified atom stereocenters. The van der Waals surface area contributed by atoms with Crippen LogP contribution in [0, 0.1) is 0 Å². The van der Waals surface area contributed by atoms with Gasteiger partial charge in [0.2, 0.25) is 5.91 Å². The molecule has 11 heavy (non-hydrogen) atoms. The van der Waals surface area contributed by atoms with E-state index in [4.69, 9.17) is 0 Å². The summed E-state index contributed by atoms with van der Waals surface area (Å²) in [6.45, 7) is 0. The summed E-state index contributed by atoms with van der Waals surface area (Å²) in [5.41, 5.74) is 0. The number of carbonyl (C=O) groups is 1. The number of halogens is 1. The van der Waals surface area contributed by atoms with E-state index in [-0.39, 0.29) is 5.91 Å². The summed E-state index contributed by atoms with van der Waals surface area (Å²) in [6, 6.07) is 0.390. The van der Waals surface area contributed by atoms with E-state index in [1.807, 2.05) is 11.8 Å². The third-order valence-electron chi connectivity index (χ3n) is 2.24. The Morgan fingerprint density at radius 3 is 3.27 bits per heavy atom. The van der Waals surface area contributed by atoms with Gasteiger partial charge >= 0.3 is 0 Å². The van der Waals surface area contributed by atoms with Crippen molar-refractivity contribution in [3.05, 3.63) is 0 Å². The first kappa shape index (κ1) is 7.92. The SMILES string of the molecule is O=C1CC[C@@H]2SC[C@@H](Br)[C@@H]2N1. The Morgan fingerprint density at radius 2 is 2.45 bits per heavy atom. The van der Waals surface area contributed by atoms with Gasteiger partial charge in [0.15, 0.2) is 0 Å². The fraction of sp³-hybridized carbons (Fsp3) is 0.857. The number of hydrogen-bond acceptors (Lipinski definition) is 2. The molecule has 0 aromatic rings. The van der Waals surface area contributed by atoms with Crippen molar-refractivity contribution in [2.75, 3.05) is 5.75 Å². The first-order chi connectivity index (χ1) is 5.27. The van der Waals surface area contributed by atoms with Crippen LogP contribution in [0.15, 0.2) is 0 Å². The van der Waals surface area contributed by atoms with Crippen LogP contribution in [-0.4, -0.2) is 27.8 Å². The Labute approximate surface area is 78.6 Å². The summed E-state index contributed by atoms with van der Waals surface area (Å²) < 4.78 is 0. The summed E-state index contributed by atoms with van der Waals surface area (Å²) in [4.78, 5) is 11.5. The van der Waals surface area contributed by atoms with Gasteiger partial charge in [-0.2, -0.15) is 11.8 Å². The third kappa shape index (κ3) is 1.43. The molecule has 2 aliphatic heterocycles. The van der Waals surface area contributed by atoms with Crippen molar-refractivity contribution in [2.45, 2.75) is 29.0 Å². The number of alkyl halides is 1. The molecule has 2 fully saturated rings. The molecule has 0 aromatic carbocycles. The van der Waals surface area contributed by atoms with Crippen LogP contribution in [0.3, 0.4) is 0 Å². The van der Waals surface area contributed by atoms with E-state index >= 15 is 0 Å². The molecule has 0 aliphatic carbocycles. The second kappa shape index (κ2) is 2.98. The Morgan fingerprint density at radius 1 is 1.64 bits per heavy atom. The second-order valence-electron chi connectivity index (χ2n) is 3.02. The van der Waals surface area contributed by atoms with Gasteiger partial charge in [0, 0.05) is 22.3 Å². The Hall–Kier alpha value is 0.300. The molecule has 2 nitrogen and oxygen atoms in total. The number of thioether (sulfide) groups is 1. The zero-order valence-electron chi connectivity index (χ0n) is 6.05. The zero-order chi connectivity index (χ0) is 7.84. The summed E-state index contributed by atoms with van der Waals surface area (Å²) in [7, 11) is 0. The summed E-state index contributed by atoms with van der Waals surface area (Å²) in [5, 5.41) is 3.69. The normalized spacial score (nSPS) is 43.4. The summed E-state index contributed by atoms with van der Waals surface area (Å²) >= 11 is 5.55. The van der Waals surface area contributed by atoms with Gasteiger partial charge in [-0.05, 0) is 6.42 Å². The van der Waals surface area contributed by atoms with E-state index in [1.54, 1.807) is 0 Å². The van der Waals surface area contributed by atoms with Crippen LogP contribution in [0.4, 0.5) is 0 Å². The van der Waals surface area contributed by atoms with E-state index < -0.39 is 0 Å². The van der Waals surface area contributed by atoms with E-state index in [9.17, 15) is 4.79 Å². The molecular weight excluding hydrogens is 226 g/mol. The van der Waals surface area contributed by atoms with Crippen molar-refractivity contribution in [3.8, 4) is 0 Å². The maximum atomic E-state index is 11.0. The molecule has 0 aromatic heterocycles. The first-order valence-corrected chi connectivity index (χ1v) is 5.79. The van der Waals surface area contributed by atoms with Gasteiger partial charge in [0.1, 0.15) is 0 Å². The van der Waals surface area contributed by atoms with Crippen LogP contribution in [-0.2, 0) is 4.79 Å². The van der Waals surface area contributed by atoms with Crippen molar-refractivity contribution in [2.24, 2.45) is 0 Å². The van der Waals surface area contributed by atoms with Gasteiger partial charge in [0.25, 0.3) is 0 Å². The largest absolute Gasteiger partial charge is 0.351 e. The smallest absolute Gasteiger partial charge is 0.220 e. The highest BCUT2D eigenvalue weighted by Gasteiger charge is 2.38. The second-order valence-corrected chi connectivity index (χ2v) is 5.47. The molecule has 0 bridgehead atoms. The van der Waals surface area contributed by atoms with Gasteiger partial charge in [0.05, 0.1) is 6.04 Å². The topological polar surface area (TPSA) is 29.1 Å². The maximum absolute atomic E-state index is 11.0. The van der Waals surface area contributed by atoms with Crippen LogP contribution >= 0.6 is 27.7 Å². The lowest BCUT2D eigenvalue weighted by molar-refractivity contribution is -0.123. The quantitative estimate of drug-likeness (QED) is 0.639. The number of nitrogens with one attached hydrogen (secondary N) is 1. The average molecular weight is 236 g/mol. The van der Waals surface area contributed by atoms with Gasteiger partial charge in [-0.15, -0.1) is 0 Å². The molecule has 4 heteroatoms. The number of hydrogen-bond donors (Lipinski definition) is 1. The lowest BCUT2D eigenvalue weighted by Gasteiger charge is -2.26. The fourth-order valence-corrected chi connectivity index (χ4v) is 4.18. The summed E-state index contributed by atoms with van der Waals surface area (Å²) in [5.74, 6) is 1.36. The van der Waals surface area contributed by atoms with E-state index in [0.717, 1.165) is 12.2 Å². The van der Waals surface area contributed by atoms with Gasteiger partial charge in [-0.1, -0.05) is 15.9 Å². The highest BCUT2D eigenvalue weighted by atomic mass is 79.9. The molecule has 0 saturated carbocycles. The fourth-order valence-electron chi connectivity index (χ4n) is 1.63. The van der Waals surface area contributed by atoms with Gasteiger partial charge in [-0.3, -0.25) is 4.79 Å². The van der Waals surface area contributed by atoms with Crippen molar-refractivity contribution in [3.63, 3.8) is 0 Å². The molecule has 1 amide bonds.